The average Bonchev–Trinajstić information content (AvgIpc) is 3.46. The number of fused-ring (bicyclic) bond motifs is 1. The van der Waals surface area contributed by atoms with Crippen molar-refractivity contribution in [1.29, 1.82) is 0 Å². The zero-order chi connectivity index (χ0) is 25.8. The van der Waals surface area contributed by atoms with Crippen molar-refractivity contribution < 1.29 is 9.53 Å². The monoisotopic (exact) mass is 504 g/mol. The molecule has 1 unspecified atom stereocenters. The van der Waals surface area contributed by atoms with Crippen LogP contribution in [-0.2, 0) is 4.74 Å². The second-order valence-corrected chi connectivity index (χ2v) is 12.2. The van der Waals surface area contributed by atoms with Crippen molar-refractivity contribution >= 4 is 16.9 Å². The van der Waals surface area contributed by atoms with Crippen LogP contribution in [0.15, 0.2) is 41.5 Å². The van der Waals surface area contributed by atoms with Crippen LogP contribution < -0.4 is 5.69 Å². The summed E-state index contributed by atoms with van der Waals surface area (Å²) in [5.41, 5.74) is 0.345. The topological polar surface area (TPSA) is 96.3 Å². The first-order valence-corrected chi connectivity index (χ1v) is 13.4. The first kappa shape index (κ1) is 24.2. The van der Waals surface area contributed by atoms with Crippen LogP contribution in [0.25, 0.3) is 16.5 Å². The van der Waals surface area contributed by atoms with Gasteiger partial charge in [0.05, 0.1) is 5.69 Å². The average molecular weight is 505 g/mol. The number of benzene rings is 1. The number of hydrogen-bond acceptors (Lipinski definition) is 6. The van der Waals surface area contributed by atoms with Gasteiger partial charge in [-0.3, -0.25) is 14.9 Å². The summed E-state index contributed by atoms with van der Waals surface area (Å²) in [4.78, 5) is 37.1. The molecular formula is C28H36N6O3. The van der Waals surface area contributed by atoms with E-state index >= 15 is 0 Å². The third-order valence-electron chi connectivity index (χ3n) is 8.26. The number of H-pyrrole nitrogens is 1. The Morgan fingerprint density at radius 1 is 1.19 bits per heavy atom. The van der Waals surface area contributed by atoms with Gasteiger partial charge in [-0.25, -0.2) is 9.59 Å². The highest BCUT2D eigenvalue weighted by molar-refractivity contribution is 5.89. The lowest BCUT2D eigenvalue weighted by Gasteiger charge is -2.48. The Kier molecular flexibility index (Phi) is 5.86. The number of amides is 1. The Balaban J connectivity index is 1.12. The fraction of sp³-hybridized carbons (Fsp3) is 0.571. The Morgan fingerprint density at radius 3 is 2.84 bits per heavy atom. The molecule has 2 aromatic heterocycles. The summed E-state index contributed by atoms with van der Waals surface area (Å²) < 4.78 is 7.05. The summed E-state index contributed by atoms with van der Waals surface area (Å²) in [6.07, 6.45) is 8.89. The van der Waals surface area contributed by atoms with Gasteiger partial charge in [0.1, 0.15) is 11.4 Å². The molecule has 0 radical (unpaired) electrons. The molecule has 196 valence electrons. The molecule has 1 saturated carbocycles. The van der Waals surface area contributed by atoms with Crippen molar-refractivity contribution in [1.82, 2.24) is 29.5 Å². The first-order valence-electron chi connectivity index (χ1n) is 13.4. The van der Waals surface area contributed by atoms with Gasteiger partial charge in [-0.05, 0) is 71.6 Å². The van der Waals surface area contributed by atoms with Crippen molar-refractivity contribution in [2.45, 2.75) is 70.4 Å². The number of carbonyl (C=O) groups is 1. The van der Waals surface area contributed by atoms with Crippen LogP contribution in [0, 0.1) is 5.41 Å². The molecule has 1 N–H and O–H groups in total. The van der Waals surface area contributed by atoms with E-state index < -0.39 is 5.60 Å². The molecule has 37 heavy (non-hydrogen) atoms. The number of carbonyl (C=O) groups excluding carboxylic acids is 1. The van der Waals surface area contributed by atoms with E-state index in [4.69, 9.17) is 9.84 Å². The van der Waals surface area contributed by atoms with Crippen LogP contribution in [0.2, 0.25) is 0 Å². The van der Waals surface area contributed by atoms with Gasteiger partial charge in [0.25, 0.3) is 0 Å². The Bertz CT molecular complexity index is 1360. The Morgan fingerprint density at radius 2 is 2.03 bits per heavy atom. The molecule has 1 aromatic carbocycles. The summed E-state index contributed by atoms with van der Waals surface area (Å²) in [5.74, 6) is 0.976. The normalized spacial score (nSPS) is 23.9. The fourth-order valence-corrected chi connectivity index (χ4v) is 6.53. The van der Waals surface area contributed by atoms with Crippen LogP contribution in [0.4, 0.5) is 4.79 Å². The molecule has 1 spiro atoms. The van der Waals surface area contributed by atoms with Gasteiger partial charge in [-0.15, -0.1) is 5.10 Å². The highest BCUT2D eigenvalue weighted by atomic mass is 16.6. The molecule has 2 aliphatic heterocycles. The van der Waals surface area contributed by atoms with Gasteiger partial charge >= 0.3 is 11.8 Å². The number of nitrogens with zero attached hydrogens (tertiary/aromatic N) is 5. The molecule has 1 amide bonds. The van der Waals surface area contributed by atoms with E-state index in [1.165, 1.54) is 4.68 Å². The number of piperidine rings is 1. The number of rotatable bonds is 3. The molecule has 6 rings (SSSR count). The van der Waals surface area contributed by atoms with Crippen LogP contribution in [0.1, 0.15) is 64.6 Å². The third-order valence-corrected chi connectivity index (χ3v) is 8.26. The zero-order valence-corrected chi connectivity index (χ0v) is 21.9. The van der Waals surface area contributed by atoms with E-state index in [1.807, 2.05) is 49.9 Å². The Hall–Kier alpha value is -3.20. The molecule has 9 nitrogen and oxygen atoms in total. The summed E-state index contributed by atoms with van der Waals surface area (Å²) in [5, 5.41) is 6.71. The number of nitrogens with one attached hydrogen (secondary N) is 1. The molecule has 2 atom stereocenters. The lowest BCUT2D eigenvalue weighted by Crippen LogP contribution is -2.58. The lowest BCUT2D eigenvalue weighted by atomic mass is 9.78. The van der Waals surface area contributed by atoms with Crippen molar-refractivity contribution in [2.24, 2.45) is 5.41 Å². The van der Waals surface area contributed by atoms with E-state index in [2.05, 4.69) is 14.9 Å². The number of aromatic nitrogens is 4. The molecule has 3 fully saturated rings. The van der Waals surface area contributed by atoms with Crippen LogP contribution in [0.3, 0.4) is 0 Å². The fourth-order valence-electron chi connectivity index (χ4n) is 6.53. The molecule has 9 heteroatoms. The number of ether oxygens (including phenoxy) is 1. The highest BCUT2D eigenvalue weighted by Gasteiger charge is 2.51. The molecule has 4 heterocycles. The van der Waals surface area contributed by atoms with E-state index in [0.717, 1.165) is 80.6 Å². The van der Waals surface area contributed by atoms with Gasteiger partial charge in [0, 0.05) is 60.2 Å². The maximum absolute atomic E-state index is 12.9. The molecule has 0 bridgehead atoms. The SMILES string of the molecule is CC(C)(C)OC(=O)N1CC2(CCC(N3CCC[C@H](c4nn(-c5cccc6cnccc56)c(=O)[nH]4)C3)C2)C1. The highest BCUT2D eigenvalue weighted by Crippen LogP contribution is 2.48. The zero-order valence-electron chi connectivity index (χ0n) is 21.9. The second kappa shape index (κ2) is 8.97. The molecule has 2 saturated heterocycles. The van der Waals surface area contributed by atoms with Crippen molar-refractivity contribution in [2.75, 3.05) is 26.2 Å². The van der Waals surface area contributed by atoms with Gasteiger partial charge in [0.2, 0.25) is 0 Å². The molecule has 3 aromatic rings. The van der Waals surface area contributed by atoms with E-state index in [1.54, 1.807) is 12.4 Å². The summed E-state index contributed by atoms with van der Waals surface area (Å²) in [6, 6.07) is 8.30. The maximum Gasteiger partial charge on any atom is 0.410 e. The van der Waals surface area contributed by atoms with E-state index in [9.17, 15) is 9.59 Å². The minimum Gasteiger partial charge on any atom is -0.444 e. The number of pyridine rings is 1. The van der Waals surface area contributed by atoms with Crippen LogP contribution in [-0.4, -0.2) is 73.5 Å². The largest absolute Gasteiger partial charge is 0.444 e. The minimum atomic E-state index is -0.459. The summed E-state index contributed by atoms with van der Waals surface area (Å²) in [6.45, 7) is 9.32. The van der Waals surface area contributed by atoms with Crippen LogP contribution >= 0.6 is 0 Å². The number of hydrogen-bond donors (Lipinski definition) is 1. The molecule has 3 aliphatic rings. The quantitative estimate of drug-likeness (QED) is 0.578. The van der Waals surface area contributed by atoms with Crippen molar-refractivity contribution in [3.05, 3.63) is 53.0 Å². The second-order valence-electron chi connectivity index (χ2n) is 12.2. The number of aromatic amines is 1. The third kappa shape index (κ3) is 4.65. The summed E-state index contributed by atoms with van der Waals surface area (Å²) in [7, 11) is 0. The summed E-state index contributed by atoms with van der Waals surface area (Å²) >= 11 is 0. The van der Waals surface area contributed by atoms with Gasteiger partial charge in [-0.1, -0.05) is 12.1 Å². The van der Waals surface area contributed by atoms with Crippen molar-refractivity contribution in [3.63, 3.8) is 0 Å². The predicted octanol–water partition coefficient (Wildman–Crippen LogP) is 4.08. The Labute approximate surface area is 216 Å². The smallest absolute Gasteiger partial charge is 0.410 e. The van der Waals surface area contributed by atoms with Gasteiger partial charge in [0.15, 0.2) is 0 Å². The van der Waals surface area contributed by atoms with E-state index in [0.29, 0.717) is 6.04 Å². The predicted molar refractivity (Wildman–Crippen MR) is 141 cm³/mol. The lowest BCUT2D eigenvalue weighted by molar-refractivity contribution is -0.0348. The molecular weight excluding hydrogens is 468 g/mol. The maximum atomic E-state index is 12.9. The standard InChI is InChI=1S/C28H36N6O3/c1-27(2,3)37-26(36)33-17-28(18-33)11-9-21(14-28)32-13-5-7-20(16-32)24-30-25(35)34(31-24)23-8-4-6-19-15-29-12-10-22(19)23/h4,6,8,10,12,15,20-21H,5,7,9,11,13-14,16-18H2,1-3H3,(H,30,31,35)/t20-,21?/m0/s1. The first-order chi connectivity index (χ1) is 17.7. The van der Waals surface area contributed by atoms with Gasteiger partial charge < -0.3 is 9.64 Å². The number of likely N-dealkylation sites (tertiary alicyclic amines) is 2. The van der Waals surface area contributed by atoms with Crippen molar-refractivity contribution in [3.8, 4) is 5.69 Å². The van der Waals surface area contributed by atoms with Gasteiger partial charge in [-0.2, -0.15) is 4.68 Å². The minimum absolute atomic E-state index is 0.193. The van der Waals surface area contributed by atoms with E-state index in [-0.39, 0.29) is 23.1 Å². The molecule has 1 aliphatic carbocycles. The van der Waals surface area contributed by atoms with Crippen LogP contribution in [0.5, 0.6) is 0 Å².